The maximum atomic E-state index is 12.5. The summed E-state index contributed by atoms with van der Waals surface area (Å²) in [4.78, 5) is 37.9. The molecule has 1 aliphatic heterocycles. The summed E-state index contributed by atoms with van der Waals surface area (Å²) in [5.74, 6) is -0.388. The molecule has 0 bridgehead atoms. The van der Waals surface area contributed by atoms with Gasteiger partial charge in [0.1, 0.15) is 5.69 Å². The van der Waals surface area contributed by atoms with Crippen molar-refractivity contribution in [3.05, 3.63) is 28.2 Å². The fourth-order valence-electron chi connectivity index (χ4n) is 2.31. The average molecular weight is 307 g/mol. The molecule has 1 fully saturated rings. The third-order valence-electron chi connectivity index (χ3n) is 3.48. The zero-order valence-corrected chi connectivity index (χ0v) is 12.9. The average Bonchev–Trinajstić information content (AvgIpc) is 2.52. The quantitative estimate of drug-likeness (QED) is 0.883. The molecule has 1 aromatic rings. The van der Waals surface area contributed by atoms with Crippen LogP contribution in [0.25, 0.3) is 0 Å². The summed E-state index contributed by atoms with van der Waals surface area (Å²) in [6, 6.07) is 1.45. The summed E-state index contributed by atoms with van der Waals surface area (Å²) in [6.45, 7) is 3.96. The van der Waals surface area contributed by atoms with Crippen molar-refractivity contribution in [2.45, 2.75) is 19.8 Å². The minimum Gasteiger partial charge on any atom is -0.378 e. The summed E-state index contributed by atoms with van der Waals surface area (Å²) in [5.41, 5.74) is 0.193. The van der Waals surface area contributed by atoms with E-state index < -0.39 is 0 Å². The molecule has 0 unspecified atom stereocenters. The van der Waals surface area contributed by atoms with Gasteiger partial charge in [-0.2, -0.15) is 0 Å². The van der Waals surface area contributed by atoms with Crippen molar-refractivity contribution >= 4 is 17.5 Å². The smallest absolute Gasteiger partial charge is 0.274 e. The first-order valence-corrected chi connectivity index (χ1v) is 7.40. The monoisotopic (exact) mass is 307 g/mol. The van der Waals surface area contributed by atoms with Crippen molar-refractivity contribution in [2.75, 3.05) is 31.6 Å². The molecule has 120 valence electrons. The minimum absolute atomic E-state index is 0.139. The van der Waals surface area contributed by atoms with E-state index in [-0.39, 0.29) is 23.1 Å². The molecule has 22 heavy (non-hydrogen) atoms. The van der Waals surface area contributed by atoms with E-state index in [1.807, 2.05) is 6.92 Å². The number of carbonyl (C=O) groups excluding carboxylic acids is 2. The molecular weight excluding hydrogens is 286 g/mol. The molecule has 1 N–H and O–H groups in total. The van der Waals surface area contributed by atoms with Gasteiger partial charge >= 0.3 is 0 Å². The molecule has 2 rings (SSSR count). The third-order valence-corrected chi connectivity index (χ3v) is 3.48. The minimum atomic E-state index is -0.331. The number of rotatable bonds is 4. The Kier molecular flexibility index (Phi) is 5.32. The normalized spacial score (nSPS) is 14.7. The van der Waals surface area contributed by atoms with Crippen LogP contribution in [0.2, 0.25) is 0 Å². The van der Waals surface area contributed by atoms with Gasteiger partial charge in [-0.3, -0.25) is 14.4 Å². The Balaban J connectivity index is 2.25. The fourth-order valence-corrected chi connectivity index (χ4v) is 2.31. The SMILES string of the molecule is CCCC(=O)Nc1cc(C(=O)N2CCOCC2)cn(C)c1=O. The van der Waals surface area contributed by atoms with E-state index >= 15 is 0 Å². The van der Waals surface area contributed by atoms with Crippen molar-refractivity contribution < 1.29 is 14.3 Å². The largest absolute Gasteiger partial charge is 0.378 e. The Morgan fingerprint density at radius 1 is 1.32 bits per heavy atom. The second kappa shape index (κ2) is 7.22. The van der Waals surface area contributed by atoms with Crippen LogP contribution in [0.3, 0.4) is 0 Å². The highest BCUT2D eigenvalue weighted by Crippen LogP contribution is 2.10. The maximum absolute atomic E-state index is 12.5. The molecular formula is C15H21N3O4. The molecule has 1 saturated heterocycles. The second-order valence-electron chi connectivity index (χ2n) is 5.26. The van der Waals surface area contributed by atoms with Crippen LogP contribution in [0.1, 0.15) is 30.1 Å². The van der Waals surface area contributed by atoms with Gasteiger partial charge in [0.15, 0.2) is 0 Å². The van der Waals surface area contributed by atoms with E-state index in [1.54, 1.807) is 11.9 Å². The Labute approximate surface area is 128 Å². The lowest BCUT2D eigenvalue weighted by Gasteiger charge is -2.27. The summed E-state index contributed by atoms with van der Waals surface area (Å²) < 4.78 is 6.54. The van der Waals surface area contributed by atoms with Crippen LogP contribution in [0.5, 0.6) is 0 Å². The second-order valence-corrected chi connectivity index (χ2v) is 5.26. The van der Waals surface area contributed by atoms with Crippen LogP contribution in [-0.4, -0.2) is 47.6 Å². The number of hydrogen-bond acceptors (Lipinski definition) is 4. The van der Waals surface area contributed by atoms with Crippen molar-refractivity contribution in [3.63, 3.8) is 0 Å². The molecule has 0 radical (unpaired) electrons. The molecule has 7 nitrogen and oxygen atoms in total. The molecule has 2 amide bonds. The molecule has 2 heterocycles. The predicted molar refractivity (Wildman–Crippen MR) is 81.9 cm³/mol. The molecule has 0 aromatic carbocycles. The van der Waals surface area contributed by atoms with Gasteiger partial charge in [-0.25, -0.2) is 0 Å². The highest BCUT2D eigenvalue weighted by Gasteiger charge is 2.20. The van der Waals surface area contributed by atoms with E-state index in [0.29, 0.717) is 44.7 Å². The number of anilines is 1. The van der Waals surface area contributed by atoms with Gasteiger partial charge in [0.2, 0.25) is 5.91 Å². The predicted octanol–water partition coefficient (Wildman–Crippen LogP) is 0.596. The number of nitrogens with one attached hydrogen (secondary N) is 1. The number of aryl methyl sites for hydroxylation is 1. The van der Waals surface area contributed by atoms with E-state index in [2.05, 4.69) is 5.32 Å². The highest BCUT2D eigenvalue weighted by atomic mass is 16.5. The maximum Gasteiger partial charge on any atom is 0.274 e. The first-order chi connectivity index (χ1) is 10.5. The molecule has 7 heteroatoms. The number of pyridine rings is 1. The summed E-state index contributed by atoms with van der Waals surface area (Å²) in [7, 11) is 1.56. The Hall–Kier alpha value is -2.15. The van der Waals surface area contributed by atoms with Crippen LogP contribution in [0, 0.1) is 0 Å². The summed E-state index contributed by atoms with van der Waals surface area (Å²) in [5, 5.41) is 2.58. The van der Waals surface area contributed by atoms with Crippen LogP contribution in [0.4, 0.5) is 5.69 Å². The van der Waals surface area contributed by atoms with Gasteiger partial charge < -0.3 is 19.5 Å². The number of morpholine rings is 1. The van der Waals surface area contributed by atoms with Gasteiger partial charge in [0.25, 0.3) is 11.5 Å². The number of carbonyl (C=O) groups is 2. The Morgan fingerprint density at radius 2 is 2.00 bits per heavy atom. The fraction of sp³-hybridized carbons (Fsp3) is 0.533. The first kappa shape index (κ1) is 16.2. The zero-order valence-electron chi connectivity index (χ0n) is 12.9. The van der Waals surface area contributed by atoms with Crippen molar-refractivity contribution in [1.29, 1.82) is 0 Å². The highest BCUT2D eigenvalue weighted by molar-refractivity contribution is 5.96. The number of amides is 2. The lowest BCUT2D eigenvalue weighted by atomic mass is 10.2. The van der Waals surface area contributed by atoms with Crippen molar-refractivity contribution in [2.24, 2.45) is 7.05 Å². The zero-order chi connectivity index (χ0) is 16.1. The van der Waals surface area contributed by atoms with E-state index in [9.17, 15) is 14.4 Å². The molecule has 0 aliphatic carbocycles. The van der Waals surface area contributed by atoms with Gasteiger partial charge in [-0.15, -0.1) is 0 Å². The molecule has 0 atom stereocenters. The number of aromatic nitrogens is 1. The first-order valence-electron chi connectivity index (χ1n) is 7.40. The molecule has 0 saturated carbocycles. The van der Waals surface area contributed by atoms with Gasteiger partial charge in [-0.1, -0.05) is 6.92 Å². The Morgan fingerprint density at radius 3 is 2.64 bits per heavy atom. The number of hydrogen-bond donors (Lipinski definition) is 1. The van der Waals surface area contributed by atoms with Crippen LogP contribution < -0.4 is 10.9 Å². The molecule has 1 aliphatic rings. The molecule has 1 aromatic heterocycles. The van der Waals surface area contributed by atoms with E-state index in [1.165, 1.54) is 16.8 Å². The van der Waals surface area contributed by atoms with Crippen LogP contribution >= 0.6 is 0 Å². The van der Waals surface area contributed by atoms with Crippen molar-refractivity contribution in [3.8, 4) is 0 Å². The summed E-state index contributed by atoms with van der Waals surface area (Å²) >= 11 is 0. The van der Waals surface area contributed by atoms with Gasteiger partial charge in [0, 0.05) is 32.8 Å². The molecule has 0 spiro atoms. The van der Waals surface area contributed by atoms with Crippen LogP contribution in [0.15, 0.2) is 17.1 Å². The topological polar surface area (TPSA) is 80.6 Å². The lowest BCUT2D eigenvalue weighted by molar-refractivity contribution is -0.116. The summed E-state index contributed by atoms with van der Waals surface area (Å²) in [6.07, 6.45) is 2.53. The third kappa shape index (κ3) is 3.73. The van der Waals surface area contributed by atoms with Crippen LogP contribution in [-0.2, 0) is 16.6 Å². The standard InChI is InChI=1S/C15H21N3O4/c1-3-4-13(19)16-12-9-11(10-17(2)15(12)21)14(20)18-5-7-22-8-6-18/h9-10H,3-8H2,1-2H3,(H,16,19). The lowest BCUT2D eigenvalue weighted by Crippen LogP contribution is -2.41. The van der Waals surface area contributed by atoms with Crippen molar-refractivity contribution in [1.82, 2.24) is 9.47 Å². The number of ether oxygens (including phenoxy) is 1. The van der Waals surface area contributed by atoms with E-state index in [4.69, 9.17) is 4.74 Å². The van der Waals surface area contributed by atoms with Gasteiger partial charge in [-0.05, 0) is 12.5 Å². The van der Waals surface area contributed by atoms with Gasteiger partial charge in [0.05, 0.1) is 18.8 Å². The number of nitrogens with zero attached hydrogens (tertiary/aromatic N) is 2. The van der Waals surface area contributed by atoms with E-state index in [0.717, 1.165) is 0 Å². The Bertz CT molecular complexity index is 618.